The Bertz CT molecular complexity index is 725. The van der Waals surface area contributed by atoms with Gasteiger partial charge in [0, 0.05) is 32.9 Å². The standard InChI is InChI=1S/C20H29ClF3N5O/c1-25-19(29-9-5-15(14-29)13-28-7-3-2-4-8-28)26-6-10-30-18-17(21)11-16(12-27-18)20(22,23)24/h11-12,15H,2-10,13-14H2,1H3,(H,25,26). The van der Waals surface area contributed by atoms with Crippen molar-refractivity contribution >= 4 is 17.6 Å². The third-order valence-corrected chi connectivity index (χ3v) is 5.79. The van der Waals surface area contributed by atoms with Gasteiger partial charge in [-0.25, -0.2) is 4.98 Å². The number of nitrogens with zero attached hydrogens (tertiary/aromatic N) is 4. The van der Waals surface area contributed by atoms with Gasteiger partial charge in [0.05, 0.1) is 12.1 Å². The molecule has 2 fully saturated rings. The second kappa shape index (κ2) is 10.5. The average Bonchev–Trinajstić information content (AvgIpc) is 3.17. The van der Waals surface area contributed by atoms with E-state index in [1.54, 1.807) is 7.05 Å². The van der Waals surface area contributed by atoms with Gasteiger partial charge in [0.2, 0.25) is 5.88 Å². The number of rotatable bonds is 6. The molecule has 1 aromatic heterocycles. The van der Waals surface area contributed by atoms with Crippen LogP contribution >= 0.6 is 11.6 Å². The molecule has 1 N–H and O–H groups in total. The molecule has 0 spiro atoms. The normalized spacial score (nSPS) is 21.2. The minimum Gasteiger partial charge on any atom is -0.475 e. The zero-order chi connectivity index (χ0) is 21.6. The average molecular weight is 448 g/mol. The van der Waals surface area contributed by atoms with Crippen LogP contribution in [0.2, 0.25) is 5.02 Å². The van der Waals surface area contributed by atoms with Gasteiger partial charge in [0.25, 0.3) is 0 Å². The Kier molecular flexibility index (Phi) is 8.05. The van der Waals surface area contributed by atoms with E-state index in [-0.39, 0.29) is 17.5 Å². The summed E-state index contributed by atoms with van der Waals surface area (Å²) in [5, 5.41) is 3.09. The summed E-state index contributed by atoms with van der Waals surface area (Å²) in [7, 11) is 1.75. The molecule has 0 aliphatic carbocycles. The first kappa shape index (κ1) is 22.9. The highest BCUT2D eigenvalue weighted by Gasteiger charge is 2.32. The molecule has 1 aromatic rings. The van der Waals surface area contributed by atoms with Crippen LogP contribution in [0, 0.1) is 5.92 Å². The number of pyridine rings is 1. The van der Waals surface area contributed by atoms with Crippen LogP contribution < -0.4 is 10.1 Å². The van der Waals surface area contributed by atoms with Crippen molar-refractivity contribution in [3.8, 4) is 5.88 Å². The molecular weight excluding hydrogens is 419 g/mol. The second-order valence-electron chi connectivity index (χ2n) is 7.79. The predicted octanol–water partition coefficient (Wildman–Crippen LogP) is 3.52. The van der Waals surface area contributed by atoms with Gasteiger partial charge in [0.1, 0.15) is 11.6 Å². The summed E-state index contributed by atoms with van der Waals surface area (Å²) in [5.41, 5.74) is -0.897. The fourth-order valence-electron chi connectivity index (χ4n) is 4.01. The molecule has 3 heterocycles. The van der Waals surface area contributed by atoms with Crippen molar-refractivity contribution < 1.29 is 17.9 Å². The zero-order valence-electron chi connectivity index (χ0n) is 17.2. The van der Waals surface area contributed by atoms with Crippen molar-refractivity contribution in [2.24, 2.45) is 10.9 Å². The lowest BCUT2D eigenvalue weighted by atomic mass is 10.1. The highest BCUT2D eigenvalue weighted by Crippen LogP contribution is 2.33. The lowest BCUT2D eigenvalue weighted by Gasteiger charge is -2.29. The molecule has 3 rings (SSSR count). The topological polar surface area (TPSA) is 53.0 Å². The molecule has 2 aliphatic rings. The second-order valence-corrected chi connectivity index (χ2v) is 8.20. The molecule has 2 aliphatic heterocycles. The van der Waals surface area contributed by atoms with Gasteiger partial charge >= 0.3 is 6.18 Å². The lowest BCUT2D eigenvalue weighted by Crippen LogP contribution is -2.42. The van der Waals surface area contributed by atoms with Crippen molar-refractivity contribution in [3.05, 3.63) is 22.8 Å². The summed E-state index contributed by atoms with van der Waals surface area (Å²) < 4.78 is 43.4. The van der Waals surface area contributed by atoms with Crippen LogP contribution in [0.25, 0.3) is 0 Å². The number of nitrogens with one attached hydrogen (secondary N) is 1. The van der Waals surface area contributed by atoms with Gasteiger partial charge in [-0.3, -0.25) is 4.99 Å². The smallest absolute Gasteiger partial charge is 0.417 e. The van der Waals surface area contributed by atoms with Crippen LogP contribution in [-0.2, 0) is 6.18 Å². The number of aliphatic imine (C=N–C) groups is 1. The predicted molar refractivity (Wildman–Crippen MR) is 111 cm³/mol. The van der Waals surface area contributed by atoms with E-state index in [2.05, 4.69) is 25.1 Å². The summed E-state index contributed by atoms with van der Waals surface area (Å²) >= 11 is 5.86. The Balaban J connectivity index is 1.41. The van der Waals surface area contributed by atoms with Crippen molar-refractivity contribution in [2.45, 2.75) is 31.9 Å². The maximum absolute atomic E-state index is 12.7. The fourth-order valence-corrected chi connectivity index (χ4v) is 4.23. The fraction of sp³-hybridized carbons (Fsp3) is 0.700. The summed E-state index contributed by atoms with van der Waals surface area (Å²) in [6.07, 6.45) is 1.35. The molecule has 2 saturated heterocycles. The van der Waals surface area contributed by atoms with Crippen molar-refractivity contribution in [1.29, 1.82) is 0 Å². The van der Waals surface area contributed by atoms with Gasteiger partial charge in [-0.15, -0.1) is 0 Å². The Morgan fingerprint density at radius 1 is 1.30 bits per heavy atom. The molecule has 1 atom stereocenters. The van der Waals surface area contributed by atoms with E-state index in [1.165, 1.54) is 32.4 Å². The number of likely N-dealkylation sites (tertiary alicyclic amines) is 2. The minimum absolute atomic E-state index is 0.00998. The van der Waals surface area contributed by atoms with Crippen LogP contribution in [0.3, 0.4) is 0 Å². The van der Waals surface area contributed by atoms with Gasteiger partial charge in [-0.2, -0.15) is 13.2 Å². The van der Waals surface area contributed by atoms with Crippen LogP contribution in [0.4, 0.5) is 13.2 Å². The van der Waals surface area contributed by atoms with E-state index in [0.29, 0.717) is 12.5 Å². The summed E-state index contributed by atoms with van der Waals surface area (Å²) in [5.74, 6) is 1.45. The first-order chi connectivity index (χ1) is 14.4. The Morgan fingerprint density at radius 3 is 2.73 bits per heavy atom. The molecule has 10 heteroatoms. The molecule has 6 nitrogen and oxygen atoms in total. The summed E-state index contributed by atoms with van der Waals surface area (Å²) in [6, 6.07) is 0.822. The molecule has 0 amide bonds. The molecular formula is C20H29ClF3N5O. The Labute approximate surface area is 180 Å². The number of hydrogen-bond donors (Lipinski definition) is 1. The molecule has 0 radical (unpaired) electrons. The number of piperidine rings is 1. The molecule has 0 aromatic carbocycles. The SMILES string of the molecule is CN=C(NCCOc1ncc(C(F)(F)F)cc1Cl)N1CCC(CN2CCCCC2)C1. The number of aromatic nitrogens is 1. The quantitative estimate of drug-likeness (QED) is 0.411. The van der Waals surface area contributed by atoms with Crippen LogP contribution in [0.5, 0.6) is 5.88 Å². The largest absolute Gasteiger partial charge is 0.475 e. The first-order valence-corrected chi connectivity index (χ1v) is 10.8. The van der Waals surface area contributed by atoms with Gasteiger partial charge in [-0.1, -0.05) is 18.0 Å². The summed E-state index contributed by atoms with van der Waals surface area (Å²) in [6.45, 7) is 6.16. The first-order valence-electron chi connectivity index (χ1n) is 10.4. The van der Waals surface area contributed by atoms with Gasteiger partial charge in [0.15, 0.2) is 5.96 Å². The number of hydrogen-bond acceptors (Lipinski definition) is 4. The van der Waals surface area contributed by atoms with E-state index in [9.17, 15) is 13.2 Å². The third-order valence-electron chi connectivity index (χ3n) is 5.52. The van der Waals surface area contributed by atoms with E-state index >= 15 is 0 Å². The summed E-state index contributed by atoms with van der Waals surface area (Å²) in [4.78, 5) is 12.8. The highest BCUT2D eigenvalue weighted by atomic mass is 35.5. The number of guanidine groups is 1. The van der Waals surface area contributed by atoms with E-state index in [4.69, 9.17) is 16.3 Å². The molecule has 0 saturated carbocycles. The highest BCUT2D eigenvalue weighted by molar-refractivity contribution is 6.31. The number of ether oxygens (including phenoxy) is 1. The van der Waals surface area contributed by atoms with E-state index in [1.807, 2.05) is 0 Å². The van der Waals surface area contributed by atoms with Crippen molar-refractivity contribution in [3.63, 3.8) is 0 Å². The van der Waals surface area contributed by atoms with Gasteiger partial charge in [-0.05, 0) is 44.3 Å². The van der Waals surface area contributed by atoms with Crippen LogP contribution in [-0.4, -0.2) is 73.7 Å². The Hall–Kier alpha value is -1.74. The molecule has 0 bridgehead atoms. The monoisotopic (exact) mass is 447 g/mol. The van der Waals surface area contributed by atoms with Crippen LogP contribution in [0.1, 0.15) is 31.2 Å². The van der Waals surface area contributed by atoms with Crippen LogP contribution in [0.15, 0.2) is 17.3 Å². The van der Waals surface area contributed by atoms with E-state index < -0.39 is 11.7 Å². The molecule has 1 unspecified atom stereocenters. The van der Waals surface area contributed by atoms with Crippen molar-refractivity contribution in [2.75, 3.05) is 52.9 Å². The number of halogens is 4. The third kappa shape index (κ3) is 6.38. The van der Waals surface area contributed by atoms with Crippen molar-refractivity contribution in [1.82, 2.24) is 20.1 Å². The lowest BCUT2D eigenvalue weighted by molar-refractivity contribution is -0.137. The minimum atomic E-state index is -4.48. The molecule has 168 valence electrons. The molecule has 30 heavy (non-hydrogen) atoms. The maximum Gasteiger partial charge on any atom is 0.417 e. The van der Waals surface area contributed by atoms with E-state index in [0.717, 1.165) is 44.3 Å². The maximum atomic E-state index is 12.7. The number of alkyl halides is 3. The van der Waals surface area contributed by atoms with Gasteiger partial charge < -0.3 is 19.9 Å². The zero-order valence-corrected chi connectivity index (χ0v) is 18.0. The Morgan fingerprint density at radius 2 is 2.07 bits per heavy atom.